The number of benzene rings is 1. The summed E-state index contributed by atoms with van der Waals surface area (Å²) < 4.78 is 5.15. The summed E-state index contributed by atoms with van der Waals surface area (Å²) in [6.45, 7) is 3.82. The number of piperidine rings is 1. The van der Waals surface area contributed by atoms with Gasteiger partial charge in [-0.1, -0.05) is 12.1 Å². The van der Waals surface area contributed by atoms with Crippen molar-refractivity contribution < 1.29 is 14.0 Å². The minimum atomic E-state index is -0.224. The highest BCUT2D eigenvalue weighted by Gasteiger charge is 2.24. The van der Waals surface area contributed by atoms with Gasteiger partial charge in [0.15, 0.2) is 0 Å². The van der Waals surface area contributed by atoms with Crippen molar-refractivity contribution in [2.45, 2.75) is 26.3 Å². The van der Waals surface area contributed by atoms with E-state index in [2.05, 4.69) is 10.2 Å². The summed E-state index contributed by atoms with van der Waals surface area (Å²) in [5.41, 5.74) is 8.09. The Balaban J connectivity index is 1.58. The summed E-state index contributed by atoms with van der Waals surface area (Å²) in [6.07, 6.45) is 3.34. The highest BCUT2D eigenvalue weighted by molar-refractivity contribution is 5.94. The van der Waals surface area contributed by atoms with E-state index in [4.69, 9.17) is 10.2 Å². The Labute approximate surface area is 147 Å². The molecule has 132 valence electrons. The summed E-state index contributed by atoms with van der Waals surface area (Å²) >= 11 is 0. The Bertz CT molecular complexity index is 752. The number of hydrogen-bond donors (Lipinski definition) is 2. The van der Waals surface area contributed by atoms with Crippen LogP contribution in [0.5, 0.6) is 0 Å². The van der Waals surface area contributed by atoms with Gasteiger partial charge in [0.2, 0.25) is 5.91 Å². The van der Waals surface area contributed by atoms with Crippen LogP contribution < -0.4 is 16.0 Å². The van der Waals surface area contributed by atoms with Crippen LogP contribution in [0.3, 0.4) is 0 Å². The van der Waals surface area contributed by atoms with E-state index in [0.717, 1.165) is 30.6 Å². The number of rotatable bonds is 5. The lowest BCUT2D eigenvalue weighted by molar-refractivity contribution is -0.122. The number of aryl methyl sites for hydroxylation is 1. The number of nitrogens with two attached hydrogens (primary N) is 1. The molecule has 25 heavy (non-hydrogen) atoms. The lowest BCUT2D eigenvalue weighted by Gasteiger charge is -2.33. The van der Waals surface area contributed by atoms with Crippen LogP contribution in [0.1, 0.15) is 34.5 Å². The van der Waals surface area contributed by atoms with Gasteiger partial charge in [-0.25, -0.2) is 0 Å². The average molecular weight is 341 g/mol. The Morgan fingerprint density at radius 2 is 2.04 bits per heavy atom. The number of nitrogens with one attached hydrogen (secondary N) is 1. The number of nitrogens with zero attached hydrogens (tertiary/aromatic N) is 1. The largest absolute Gasteiger partial charge is 0.469 e. The maximum absolute atomic E-state index is 12.1. The zero-order chi connectivity index (χ0) is 17.8. The third-order valence-electron chi connectivity index (χ3n) is 4.68. The van der Waals surface area contributed by atoms with Gasteiger partial charge in [0.25, 0.3) is 5.91 Å². The van der Waals surface area contributed by atoms with Gasteiger partial charge in [-0.05, 0) is 43.5 Å². The molecule has 1 saturated heterocycles. The van der Waals surface area contributed by atoms with Crippen molar-refractivity contribution in [2.24, 2.45) is 11.7 Å². The summed E-state index contributed by atoms with van der Waals surface area (Å²) in [7, 11) is 0. The number of furan rings is 1. The SMILES string of the molecule is Cc1occc1C(=O)NCc1ccc(N2CCC[C@@H](C(N)=O)C2)cc1. The van der Waals surface area contributed by atoms with Crippen molar-refractivity contribution >= 4 is 17.5 Å². The third kappa shape index (κ3) is 4.02. The van der Waals surface area contributed by atoms with Crippen LogP contribution in [0.15, 0.2) is 41.0 Å². The minimum absolute atomic E-state index is 0.0779. The molecule has 2 amide bonds. The maximum atomic E-state index is 12.1. The van der Waals surface area contributed by atoms with Gasteiger partial charge >= 0.3 is 0 Å². The van der Waals surface area contributed by atoms with Gasteiger partial charge in [-0.3, -0.25) is 9.59 Å². The Kier molecular flexibility index (Phi) is 5.07. The number of carbonyl (C=O) groups is 2. The Hall–Kier alpha value is -2.76. The molecule has 0 aliphatic carbocycles. The molecule has 1 aromatic heterocycles. The van der Waals surface area contributed by atoms with E-state index in [9.17, 15) is 9.59 Å². The van der Waals surface area contributed by atoms with Crippen LogP contribution in [-0.2, 0) is 11.3 Å². The molecule has 1 aromatic carbocycles. The van der Waals surface area contributed by atoms with Gasteiger partial charge in [0, 0.05) is 25.3 Å². The second kappa shape index (κ2) is 7.42. The highest BCUT2D eigenvalue weighted by atomic mass is 16.3. The number of hydrogen-bond acceptors (Lipinski definition) is 4. The predicted molar refractivity (Wildman–Crippen MR) is 95.2 cm³/mol. The first kappa shape index (κ1) is 17.1. The predicted octanol–water partition coefficient (Wildman–Crippen LogP) is 2.22. The number of amides is 2. The molecule has 1 fully saturated rings. The van der Waals surface area contributed by atoms with Crippen molar-refractivity contribution in [1.82, 2.24) is 5.32 Å². The molecule has 0 bridgehead atoms. The van der Waals surface area contributed by atoms with Crippen LogP contribution in [0.4, 0.5) is 5.69 Å². The summed E-state index contributed by atoms with van der Waals surface area (Å²) in [4.78, 5) is 25.7. The first-order valence-corrected chi connectivity index (χ1v) is 8.50. The van der Waals surface area contributed by atoms with Gasteiger partial charge in [0.1, 0.15) is 5.76 Å². The van der Waals surface area contributed by atoms with E-state index >= 15 is 0 Å². The molecule has 2 aromatic rings. The Morgan fingerprint density at radius 3 is 2.68 bits per heavy atom. The zero-order valence-electron chi connectivity index (χ0n) is 14.3. The molecule has 1 aliphatic heterocycles. The number of anilines is 1. The smallest absolute Gasteiger partial charge is 0.255 e. The van der Waals surface area contributed by atoms with Crippen molar-refractivity contribution in [3.8, 4) is 0 Å². The molecule has 3 rings (SSSR count). The van der Waals surface area contributed by atoms with Crippen molar-refractivity contribution in [3.63, 3.8) is 0 Å². The zero-order valence-corrected chi connectivity index (χ0v) is 14.3. The normalized spacial score (nSPS) is 17.3. The van der Waals surface area contributed by atoms with Crippen molar-refractivity contribution in [3.05, 3.63) is 53.5 Å². The van der Waals surface area contributed by atoms with Crippen LogP contribution in [0.25, 0.3) is 0 Å². The van der Waals surface area contributed by atoms with E-state index in [-0.39, 0.29) is 17.7 Å². The number of primary amides is 1. The third-order valence-corrected chi connectivity index (χ3v) is 4.68. The summed E-state index contributed by atoms with van der Waals surface area (Å²) in [6, 6.07) is 9.69. The van der Waals surface area contributed by atoms with Gasteiger partial charge in [-0.15, -0.1) is 0 Å². The molecular weight excluding hydrogens is 318 g/mol. The first-order valence-electron chi connectivity index (χ1n) is 8.50. The molecular formula is C19H23N3O3. The molecule has 2 heterocycles. The van der Waals surface area contributed by atoms with Crippen LogP contribution >= 0.6 is 0 Å². The number of carbonyl (C=O) groups excluding carboxylic acids is 2. The van der Waals surface area contributed by atoms with Gasteiger partial charge in [0.05, 0.1) is 17.7 Å². The molecule has 0 saturated carbocycles. The van der Waals surface area contributed by atoms with Crippen LogP contribution in [0.2, 0.25) is 0 Å². The fourth-order valence-electron chi connectivity index (χ4n) is 3.17. The lowest BCUT2D eigenvalue weighted by Crippen LogP contribution is -2.41. The summed E-state index contributed by atoms with van der Waals surface area (Å²) in [5, 5.41) is 2.89. The Morgan fingerprint density at radius 1 is 1.28 bits per heavy atom. The first-order chi connectivity index (χ1) is 12.0. The maximum Gasteiger partial charge on any atom is 0.255 e. The van der Waals surface area contributed by atoms with Crippen molar-refractivity contribution in [1.29, 1.82) is 0 Å². The average Bonchev–Trinajstić information content (AvgIpc) is 3.06. The summed E-state index contributed by atoms with van der Waals surface area (Å²) in [5.74, 6) is 0.169. The monoisotopic (exact) mass is 341 g/mol. The molecule has 6 nitrogen and oxygen atoms in total. The highest BCUT2D eigenvalue weighted by Crippen LogP contribution is 2.23. The fourth-order valence-corrected chi connectivity index (χ4v) is 3.17. The minimum Gasteiger partial charge on any atom is -0.469 e. The molecule has 1 aliphatic rings. The van der Waals surface area contributed by atoms with E-state index < -0.39 is 0 Å². The van der Waals surface area contributed by atoms with Gasteiger partial charge in [-0.2, -0.15) is 0 Å². The van der Waals surface area contributed by atoms with E-state index in [1.165, 1.54) is 6.26 Å². The second-order valence-corrected chi connectivity index (χ2v) is 6.43. The fraction of sp³-hybridized carbons (Fsp3) is 0.368. The van der Waals surface area contributed by atoms with Crippen molar-refractivity contribution in [2.75, 3.05) is 18.0 Å². The van der Waals surface area contributed by atoms with Crippen LogP contribution in [-0.4, -0.2) is 24.9 Å². The molecule has 0 radical (unpaired) electrons. The quantitative estimate of drug-likeness (QED) is 0.873. The molecule has 1 atom stereocenters. The molecule has 6 heteroatoms. The van der Waals surface area contributed by atoms with E-state index in [1.807, 2.05) is 24.3 Å². The van der Waals surface area contributed by atoms with Crippen LogP contribution in [0, 0.1) is 12.8 Å². The second-order valence-electron chi connectivity index (χ2n) is 6.43. The topological polar surface area (TPSA) is 88.6 Å². The van der Waals surface area contributed by atoms with Gasteiger partial charge < -0.3 is 20.4 Å². The molecule has 0 unspecified atom stereocenters. The molecule has 3 N–H and O–H groups in total. The lowest BCUT2D eigenvalue weighted by atomic mass is 9.97. The standard InChI is InChI=1S/C19H23N3O3/c1-13-17(8-10-25-13)19(24)21-11-14-4-6-16(7-5-14)22-9-2-3-15(12-22)18(20)23/h4-8,10,15H,2-3,9,11-12H2,1H3,(H2,20,23)(H,21,24)/t15-/m1/s1. The molecule has 0 spiro atoms. The van der Waals surface area contributed by atoms with E-state index in [0.29, 0.717) is 24.4 Å². The van der Waals surface area contributed by atoms with E-state index in [1.54, 1.807) is 13.0 Å².